The zero-order valence-corrected chi connectivity index (χ0v) is 43.7. The first-order valence-corrected chi connectivity index (χ1v) is 28.3. The van der Waals surface area contributed by atoms with E-state index in [1.165, 1.54) is 148 Å². The summed E-state index contributed by atoms with van der Waals surface area (Å²) >= 11 is 0. The number of rotatable bonds is 51. The zero-order valence-electron chi connectivity index (χ0n) is 43.7. The van der Waals surface area contributed by atoms with Crippen LogP contribution in [0.3, 0.4) is 0 Å². The SMILES string of the molecule is CC/C=C/C=C/C=C/CCCCCCCC(=O)OCC(COC(=O)CCCCCCCCCCCCCCCCCCCC)OC(=O)CCCCCCCCC/C=C/C/C=C/CCCCC. The van der Waals surface area contributed by atoms with Crippen molar-refractivity contribution < 1.29 is 28.6 Å². The van der Waals surface area contributed by atoms with E-state index < -0.39 is 6.10 Å². The second kappa shape index (κ2) is 54.7. The Morgan fingerprint density at radius 1 is 0.333 bits per heavy atom. The number of carbonyl (C=O) groups is 3. The third-order valence-electron chi connectivity index (χ3n) is 12.3. The fourth-order valence-electron chi connectivity index (χ4n) is 8.06. The lowest BCUT2D eigenvalue weighted by atomic mass is 10.0. The molecule has 1 unspecified atom stereocenters. The molecule has 1 atom stereocenters. The van der Waals surface area contributed by atoms with E-state index in [4.69, 9.17) is 14.2 Å². The van der Waals surface area contributed by atoms with E-state index in [0.717, 1.165) is 96.3 Å². The van der Waals surface area contributed by atoms with Crippen molar-refractivity contribution in [2.45, 2.75) is 290 Å². The van der Waals surface area contributed by atoms with E-state index in [9.17, 15) is 14.4 Å². The minimum absolute atomic E-state index is 0.0818. The fraction of sp³-hybridized carbons (Fsp3) is 0.783. The van der Waals surface area contributed by atoms with Crippen LogP contribution in [0.15, 0.2) is 60.8 Å². The van der Waals surface area contributed by atoms with E-state index in [0.29, 0.717) is 19.3 Å². The average Bonchev–Trinajstić information content (AvgIpc) is 3.31. The molecular formula is C60H106O6. The molecule has 0 bridgehead atoms. The van der Waals surface area contributed by atoms with Gasteiger partial charge in [0.1, 0.15) is 13.2 Å². The molecule has 0 aliphatic carbocycles. The van der Waals surface area contributed by atoms with Crippen LogP contribution in [0.1, 0.15) is 284 Å². The van der Waals surface area contributed by atoms with Gasteiger partial charge in [0, 0.05) is 19.3 Å². The predicted octanol–water partition coefficient (Wildman–Crippen LogP) is 18.8. The minimum atomic E-state index is -0.785. The summed E-state index contributed by atoms with van der Waals surface area (Å²) in [5, 5.41) is 0. The molecule has 0 rings (SSSR count). The molecule has 6 heteroatoms. The summed E-state index contributed by atoms with van der Waals surface area (Å²) in [7, 11) is 0. The first kappa shape index (κ1) is 63.1. The Morgan fingerprint density at radius 3 is 1.06 bits per heavy atom. The quantitative estimate of drug-likeness (QED) is 0.0199. The Labute approximate surface area is 409 Å². The highest BCUT2D eigenvalue weighted by Gasteiger charge is 2.19. The van der Waals surface area contributed by atoms with Gasteiger partial charge in [-0.15, -0.1) is 0 Å². The van der Waals surface area contributed by atoms with E-state index in [-0.39, 0.29) is 31.1 Å². The minimum Gasteiger partial charge on any atom is -0.462 e. The van der Waals surface area contributed by atoms with Gasteiger partial charge in [-0.3, -0.25) is 14.4 Å². The Morgan fingerprint density at radius 2 is 0.652 bits per heavy atom. The van der Waals surface area contributed by atoms with Gasteiger partial charge in [-0.05, 0) is 70.6 Å². The molecule has 6 nitrogen and oxygen atoms in total. The number of hydrogen-bond donors (Lipinski definition) is 0. The lowest BCUT2D eigenvalue weighted by Crippen LogP contribution is -2.30. The molecule has 0 saturated heterocycles. The van der Waals surface area contributed by atoms with Crippen molar-refractivity contribution in [3.63, 3.8) is 0 Å². The molecule has 0 fully saturated rings. The Bertz CT molecular complexity index is 1200. The highest BCUT2D eigenvalue weighted by molar-refractivity contribution is 5.71. The maximum absolute atomic E-state index is 12.8. The first-order valence-electron chi connectivity index (χ1n) is 28.3. The average molecular weight is 924 g/mol. The third kappa shape index (κ3) is 52.1. The molecule has 66 heavy (non-hydrogen) atoms. The van der Waals surface area contributed by atoms with Crippen LogP contribution < -0.4 is 0 Å². The lowest BCUT2D eigenvalue weighted by molar-refractivity contribution is -0.167. The van der Waals surface area contributed by atoms with Crippen molar-refractivity contribution in [3.05, 3.63) is 60.8 Å². The topological polar surface area (TPSA) is 78.9 Å². The summed E-state index contributed by atoms with van der Waals surface area (Å²) in [6.07, 6.45) is 67.8. The number of allylic oxidation sites excluding steroid dienone is 10. The van der Waals surface area contributed by atoms with Crippen LogP contribution in [-0.2, 0) is 28.6 Å². The molecule has 0 N–H and O–H groups in total. The summed E-state index contributed by atoms with van der Waals surface area (Å²) in [6.45, 7) is 6.49. The van der Waals surface area contributed by atoms with Crippen LogP contribution in [-0.4, -0.2) is 37.2 Å². The van der Waals surface area contributed by atoms with Crippen molar-refractivity contribution in [2.75, 3.05) is 13.2 Å². The number of hydrogen-bond acceptors (Lipinski definition) is 6. The molecule has 0 aromatic heterocycles. The zero-order chi connectivity index (χ0) is 47.9. The number of esters is 3. The van der Waals surface area contributed by atoms with Crippen LogP contribution in [0.25, 0.3) is 0 Å². The van der Waals surface area contributed by atoms with Gasteiger partial charge < -0.3 is 14.2 Å². The van der Waals surface area contributed by atoms with Gasteiger partial charge in [0.15, 0.2) is 6.10 Å². The van der Waals surface area contributed by atoms with Gasteiger partial charge >= 0.3 is 17.9 Å². The third-order valence-corrected chi connectivity index (χ3v) is 12.3. The highest BCUT2D eigenvalue weighted by Crippen LogP contribution is 2.16. The smallest absolute Gasteiger partial charge is 0.306 e. The van der Waals surface area contributed by atoms with Crippen LogP contribution in [0.4, 0.5) is 0 Å². The molecule has 0 aromatic rings. The largest absolute Gasteiger partial charge is 0.462 e. The van der Waals surface area contributed by atoms with Crippen LogP contribution in [0, 0.1) is 0 Å². The number of unbranched alkanes of at least 4 members (excludes halogenated alkanes) is 32. The first-order chi connectivity index (χ1) is 32.5. The predicted molar refractivity (Wildman–Crippen MR) is 284 cm³/mol. The standard InChI is InChI=1S/C60H106O6/c1-4-7-10-13-16-19-22-25-27-29-31-32-35-38-41-44-47-50-53-59(62)65-56-57(55-64-58(61)52-49-46-43-40-37-34-24-21-18-15-12-9-6-3)66-60(63)54-51-48-45-42-39-36-33-30-28-26-23-20-17-14-11-8-5-2/h9,12,15,17-18,20-21,24,26,28,57H,4-8,10-11,13-14,16,19,22-23,25,27,29-56H2,1-3H3/b12-9+,18-15+,20-17+,24-21+,28-26+. The molecule has 0 saturated carbocycles. The molecule has 0 aliphatic heterocycles. The van der Waals surface area contributed by atoms with E-state index in [1.54, 1.807) is 0 Å². The Balaban J connectivity index is 4.37. The normalized spacial score (nSPS) is 12.5. The van der Waals surface area contributed by atoms with Gasteiger partial charge in [-0.2, -0.15) is 0 Å². The van der Waals surface area contributed by atoms with Crippen LogP contribution >= 0.6 is 0 Å². The maximum Gasteiger partial charge on any atom is 0.306 e. The van der Waals surface area contributed by atoms with E-state index in [1.807, 2.05) is 0 Å². The molecule has 0 amide bonds. The second-order valence-electron chi connectivity index (χ2n) is 18.9. The summed E-state index contributed by atoms with van der Waals surface area (Å²) in [6, 6.07) is 0. The van der Waals surface area contributed by atoms with Gasteiger partial charge in [-0.25, -0.2) is 0 Å². The van der Waals surface area contributed by atoms with Gasteiger partial charge in [0.05, 0.1) is 0 Å². The summed E-state index contributed by atoms with van der Waals surface area (Å²) in [4.78, 5) is 38.1. The highest BCUT2D eigenvalue weighted by atomic mass is 16.6. The number of carbonyl (C=O) groups excluding carboxylic acids is 3. The molecular weight excluding hydrogens is 817 g/mol. The van der Waals surface area contributed by atoms with Gasteiger partial charge in [0.25, 0.3) is 0 Å². The molecule has 0 radical (unpaired) electrons. The second-order valence-corrected chi connectivity index (χ2v) is 18.9. The van der Waals surface area contributed by atoms with Crippen LogP contribution in [0.2, 0.25) is 0 Å². The van der Waals surface area contributed by atoms with Crippen molar-refractivity contribution in [2.24, 2.45) is 0 Å². The van der Waals surface area contributed by atoms with Gasteiger partial charge in [-0.1, -0.05) is 255 Å². The molecule has 382 valence electrons. The number of ether oxygens (including phenoxy) is 3. The summed E-state index contributed by atoms with van der Waals surface area (Å²) in [5.74, 6) is -0.900. The molecule has 0 heterocycles. The molecule has 0 aliphatic rings. The van der Waals surface area contributed by atoms with E-state index >= 15 is 0 Å². The summed E-state index contributed by atoms with van der Waals surface area (Å²) < 4.78 is 16.8. The van der Waals surface area contributed by atoms with E-state index in [2.05, 4.69) is 81.5 Å². The van der Waals surface area contributed by atoms with Crippen molar-refractivity contribution in [3.8, 4) is 0 Å². The summed E-state index contributed by atoms with van der Waals surface area (Å²) in [5.41, 5.74) is 0. The van der Waals surface area contributed by atoms with Crippen LogP contribution in [0.5, 0.6) is 0 Å². The van der Waals surface area contributed by atoms with Crippen molar-refractivity contribution in [1.82, 2.24) is 0 Å². The maximum atomic E-state index is 12.8. The monoisotopic (exact) mass is 923 g/mol. The van der Waals surface area contributed by atoms with Crippen molar-refractivity contribution >= 4 is 17.9 Å². The Hall–Kier alpha value is -2.89. The van der Waals surface area contributed by atoms with Crippen molar-refractivity contribution in [1.29, 1.82) is 0 Å². The molecule has 0 spiro atoms. The Kier molecular flexibility index (Phi) is 52.3. The molecule has 0 aromatic carbocycles. The van der Waals surface area contributed by atoms with Gasteiger partial charge in [0.2, 0.25) is 0 Å². The fourth-order valence-corrected chi connectivity index (χ4v) is 8.06. The lowest BCUT2D eigenvalue weighted by Gasteiger charge is -2.18.